The fourth-order valence-electron chi connectivity index (χ4n) is 5.97. The van der Waals surface area contributed by atoms with Gasteiger partial charge in [-0.05, 0) is 61.8 Å². The van der Waals surface area contributed by atoms with E-state index in [1.54, 1.807) is 18.3 Å². The first kappa shape index (κ1) is 25.1. The van der Waals surface area contributed by atoms with E-state index in [0.29, 0.717) is 34.2 Å². The van der Waals surface area contributed by atoms with Gasteiger partial charge in [0, 0.05) is 42.3 Å². The zero-order chi connectivity index (χ0) is 25.2. The van der Waals surface area contributed by atoms with Crippen molar-refractivity contribution in [3.63, 3.8) is 0 Å². The first-order valence-electron chi connectivity index (χ1n) is 12.6. The van der Waals surface area contributed by atoms with Crippen LogP contribution in [0, 0.1) is 29.1 Å². The van der Waals surface area contributed by atoms with Crippen molar-refractivity contribution < 1.29 is 9.90 Å². The Kier molecular flexibility index (Phi) is 7.52. The molecule has 3 heterocycles. The molecule has 3 unspecified atom stereocenters. The normalized spacial score (nSPS) is 24.8. The Morgan fingerprint density at radius 2 is 2.00 bits per heavy atom. The van der Waals surface area contributed by atoms with E-state index in [-0.39, 0.29) is 17.7 Å². The quantitative estimate of drug-likeness (QED) is 0.533. The van der Waals surface area contributed by atoms with Gasteiger partial charge in [-0.25, -0.2) is 9.97 Å². The molecule has 0 radical (unpaired) electrons. The minimum atomic E-state index is -0.642. The van der Waals surface area contributed by atoms with Crippen LogP contribution >= 0.6 is 23.2 Å². The Morgan fingerprint density at radius 3 is 2.75 bits per heavy atom. The summed E-state index contributed by atoms with van der Waals surface area (Å²) in [6.45, 7) is 4.20. The predicted octanol–water partition coefficient (Wildman–Crippen LogP) is 4.67. The van der Waals surface area contributed by atoms with E-state index in [0.717, 1.165) is 63.2 Å². The number of carboxylic acids is 1. The number of nitriles is 1. The molecule has 3 atom stereocenters. The molecular formula is C26H30Cl2N6O2. The highest BCUT2D eigenvalue weighted by Gasteiger charge is 2.42. The van der Waals surface area contributed by atoms with Crippen LogP contribution in [0.3, 0.4) is 0 Å². The molecule has 1 aromatic heterocycles. The Bertz CT molecular complexity index is 1170. The van der Waals surface area contributed by atoms with E-state index in [9.17, 15) is 15.2 Å². The SMILES string of the molecule is N#Cc1ncc(N2CC(C3CCCN(C4CCCC4C(=O)O)C3)C2)nc1NCc1ccc(Cl)cc1Cl. The van der Waals surface area contributed by atoms with Gasteiger partial charge in [-0.2, -0.15) is 5.26 Å². The number of nitrogens with zero attached hydrogens (tertiary/aromatic N) is 5. The second-order valence-electron chi connectivity index (χ2n) is 10.1. The van der Waals surface area contributed by atoms with Gasteiger partial charge in [-0.1, -0.05) is 35.7 Å². The van der Waals surface area contributed by atoms with Gasteiger partial charge >= 0.3 is 5.97 Å². The molecule has 0 amide bonds. The molecular weight excluding hydrogens is 499 g/mol. The number of carbonyl (C=O) groups is 1. The maximum Gasteiger partial charge on any atom is 0.308 e. The van der Waals surface area contributed by atoms with E-state index in [4.69, 9.17) is 28.2 Å². The zero-order valence-corrected chi connectivity index (χ0v) is 21.5. The van der Waals surface area contributed by atoms with Gasteiger partial charge in [-0.3, -0.25) is 9.69 Å². The summed E-state index contributed by atoms with van der Waals surface area (Å²) in [5.41, 5.74) is 1.10. The molecule has 36 heavy (non-hydrogen) atoms. The second kappa shape index (κ2) is 10.8. The third-order valence-corrected chi connectivity index (χ3v) is 8.57. The molecule has 1 saturated carbocycles. The number of aromatic nitrogens is 2. The number of nitrogens with one attached hydrogen (secondary N) is 1. The predicted molar refractivity (Wildman–Crippen MR) is 139 cm³/mol. The fourth-order valence-corrected chi connectivity index (χ4v) is 6.45. The zero-order valence-electron chi connectivity index (χ0n) is 20.0. The van der Waals surface area contributed by atoms with Crippen LogP contribution in [-0.2, 0) is 11.3 Å². The number of hydrogen-bond acceptors (Lipinski definition) is 7. The van der Waals surface area contributed by atoms with Gasteiger partial charge in [0.1, 0.15) is 11.9 Å². The molecule has 2 N–H and O–H groups in total. The van der Waals surface area contributed by atoms with Gasteiger partial charge in [0.25, 0.3) is 0 Å². The molecule has 3 fully saturated rings. The Morgan fingerprint density at radius 1 is 1.17 bits per heavy atom. The molecule has 5 rings (SSSR count). The molecule has 2 aliphatic heterocycles. The number of likely N-dealkylation sites (tertiary alicyclic amines) is 1. The van der Waals surface area contributed by atoms with Gasteiger partial charge in [0.2, 0.25) is 0 Å². The summed E-state index contributed by atoms with van der Waals surface area (Å²) < 4.78 is 0. The Labute approximate surface area is 221 Å². The lowest BCUT2D eigenvalue weighted by atomic mass is 9.80. The molecule has 8 nitrogen and oxygen atoms in total. The molecule has 2 aromatic rings. The van der Waals surface area contributed by atoms with Crippen LogP contribution in [0.25, 0.3) is 0 Å². The van der Waals surface area contributed by atoms with E-state index in [1.165, 1.54) is 6.42 Å². The van der Waals surface area contributed by atoms with Crippen molar-refractivity contribution in [2.75, 3.05) is 36.4 Å². The van der Waals surface area contributed by atoms with Gasteiger partial charge in [0.15, 0.2) is 11.5 Å². The lowest BCUT2D eigenvalue weighted by Gasteiger charge is -2.48. The van der Waals surface area contributed by atoms with Crippen LogP contribution in [0.1, 0.15) is 43.4 Å². The molecule has 1 aromatic carbocycles. The van der Waals surface area contributed by atoms with Gasteiger partial charge < -0.3 is 15.3 Å². The number of hydrogen-bond donors (Lipinski definition) is 2. The smallest absolute Gasteiger partial charge is 0.308 e. The van der Waals surface area contributed by atoms with Crippen molar-refractivity contribution in [2.45, 2.75) is 44.7 Å². The molecule has 190 valence electrons. The van der Waals surface area contributed by atoms with Crippen LogP contribution in [0.5, 0.6) is 0 Å². The lowest BCUT2D eigenvalue weighted by molar-refractivity contribution is -0.143. The van der Waals surface area contributed by atoms with Crippen molar-refractivity contribution in [3.8, 4) is 6.07 Å². The number of halogens is 2. The summed E-state index contributed by atoms with van der Waals surface area (Å²) in [7, 11) is 0. The first-order chi connectivity index (χ1) is 17.4. The number of aliphatic carboxylic acids is 1. The van der Waals surface area contributed by atoms with Crippen molar-refractivity contribution in [1.29, 1.82) is 5.26 Å². The van der Waals surface area contributed by atoms with E-state index in [2.05, 4.69) is 26.2 Å². The molecule has 0 spiro atoms. The standard InChI is InChI=1S/C26H30Cl2N6O2/c27-19-7-6-16(21(28)9-19)11-31-25-22(10-29)30-12-24(32-25)34-14-18(15-34)17-3-2-8-33(13-17)23-5-1-4-20(23)26(35)36/h6-7,9,12,17-18,20,23H,1-5,8,11,13-15H2,(H,31,32)(H,35,36). The van der Waals surface area contributed by atoms with Crippen LogP contribution in [0.4, 0.5) is 11.6 Å². The van der Waals surface area contributed by atoms with Crippen LogP contribution in [-0.4, -0.2) is 58.2 Å². The highest BCUT2D eigenvalue weighted by molar-refractivity contribution is 6.35. The lowest BCUT2D eigenvalue weighted by Crippen LogP contribution is -2.55. The topological polar surface area (TPSA) is 105 Å². The summed E-state index contributed by atoms with van der Waals surface area (Å²) in [6, 6.07) is 7.61. The van der Waals surface area contributed by atoms with Gasteiger partial charge in [-0.15, -0.1) is 0 Å². The number of anilines is 2. The average molecular weight is 529 g/mol. The maximum absolute atomic E-state index is 11.7. The third-order valence-electron chi connectivity index (χ3n) is 7.98. The van der Waals surface area contributed by atoms with Crippen LogP contribution in [0.15, 0.2) is 24.4 Å². The number of benzene rings is 1. The second-order valence-corrected chi connectivity index (χ2v) is 11.0. The van der Waals surface area contributed by atoms with Crippen molar-refractivity contribution in [1.82, 2.24) is 14.9 Å². The summed E-state index contributed by atoms with van der Waals surface area (Å²) >= 11 is 12.3. The summed E-state index contributed by atoms with van der Waals surface area (Å²) in [4.78, 5) is 25.4. The van der Waals surface area contributed by atoms with E-state index >= 15 is 0 Å². The van der Waals surface area contributed by atoms with Crippen LogP contribution in [0.2, 0.25) is 10.0 Å². The minimum absolute atomic E-state index is 0.189. The van der Waals surface area contributed by atoms with Crippen molar-refractivity contribution in [3.05, 3.63) is 45.7 Å². The maximum atomic E-state index is 11.7. The Hall–Kier alpha value is -2.60. The third kappa shape index (κ3) is 5.24. The van der Waals surface area contributed by atoms with Crippen LogP contribution < -0.4 is 10.2 Å². The largest absolute Gasteiger partial charge is 0.481 e. The first-order valence-corrected chi connectivity index (χ1v) is 13.3. The number of piperidine rings is 1. The number of rotatable bonds is 7. The van der Waals surface area contributed by atoms with E-state index in [1.807, 2.05) is 6.07 Å². The average Bonchev–Trinajstić information content (AvgIpc) is 3.34. The van der Waals surface area contributed by atoms with Crippen molar-refractivity contribution >= 4 is 40.8 Å². The molecule has 3 aliphatic rings. The summed E-state index contributed by atoms with van der Waals surface area (Å²) in [5.74, 6) is 1.46. The summed E-state index contributed by atoms with van der Waals surface area (Å²) in [5, 5.41) is 23.4. The van der Waals surface area contributed by atoms with Crippen molar-refractivity contribution in [2.24, 2.45) is 17.8 Å². The van der Waals surface area contributed by atoms with E-state index < -0.39 is 5.97 Å². The molecule has 2 saturated heterocycles. The van der Waals surface area contributed by atoms with Gasteiger partial charge in [0.05, 0.1) is 12.1 Å². The fraction of sp³-hybridized carbons (Fsp3) is 0.538. The minimum Gasteiger partial charge on any atom is -0.481 e. The highest BCUT2D eigenvalue weighted by Crippen LogP contribution is 2.37. The molecule has 1 aliphatic carbocycles. The molecule has 0 bridgehead atoms. The number of carboxylic acid groups (broad SMARTS) is 1. The highest BCUT2D eigenvalue weighted by atomic mass is 35.5. The molecule has 10 heteroatoms. The Balaban J connectivity index is 1.20. The monoisotopic (exact) mass is 528 g/mol. The summed E-state index contributed by atoms with van der Waals surface area (Å²) in [6.07, 6.45) is 6.79.